The molecular weight excluding hydrogens is 254 g/mol. The molecule has 3 rings (SSSR count). The second-order valence-electron chi connectivity index (χ2n) is 5.32. The predicted molar refractivity (Wildman–Crippen MR) is 79.4 cm³/mol. The lowest BCUT2D eigenvalue weighted by Crippen LogP contribution is -2.35. The Morgan fingerprint density at radius 1 is 1.45 bits per heavy atom. The first kappa shape index (κ1) is 13.2. The monoisotopic (exact) mass is 275 g/mol. The zero-order valence-corrected chi connectivity index (χ0v) is 12.1. The van der Waals surface area contributed by atoms with Gasteiger partial charge in [0.15, 0.2) is 0 Å². The maximum absolute atomic E-state index is 12.2. The number of ether oxygens (including phenoxy) is 1. The van der Waals surface area contributed by atoms with Gasteiger partial charge in [0.25, 0.3) is 0 Å². The smallest absolute Gasteiger partial charge is 0.326 e. The van der Waals surface area contributed by atoms with E-state index in [1.807, 2.05) is 22.8 Å². The lowest BCUT2D eigenvalue weighted by molar-refractivity contribution is 0.244. The molecule has 1 aliphatic heterocycles. The maximum atomic E-state index is 12.2. The molecule has 0 radical (unpaired) electrons. The molecule has 0 aliphatic carbocycles. The summed E-state index contributed by atoms with van der Waals surface area (Å²) in [5.41, 5.74) is 1.67. The molecule has 2 heterocycles. The van der Waals surface area contributed by atoms with Gasteiger partial charge in [0.05, 0.1) is 12.6 Å². The van der Waals surface area contributed by atoms with E-state index >= 15 is 0 Å². The highest BCUT2D eigenvalue weighted by Gasteiger charge is 2.24. The molecule has 1 atom stereocenters. The van der Waals surface area contributed by atoms with E-state index in [9.17, 15) is 4.79 Å². The van der Waals surface area contributed by atoms with E-state index in [1.54, 1.807) is 7.11 Å². The van der Waals surface area contributed by atoms with Crippen molar-refractivity contribution in [1.29, 1.82) is 0 Å². The van der Waals surface area contributed by atoms with Crippen LogP contribution in [0.5, 0.6) is 5.75 Å². The van der Waals surface area contributed by atoms with Crippen molar-refractivity contribution >= 4 is 11.0 Å². The SMILES string of the molecule is CCN1CCCC1Cn1c(=O)[nH]c2c(OC)cccc21. The summed E-state index contributed by atoms with van der Waals surface area (Å²) in [6.45, 7) is 5.12. The highest BCUT2D eigenvalue weighted by molar-refractivity contribution is 5.81. The van der Waals surface area contributed by atoms with Crippen LogP contribution in [-0.4, -0.2) is 40.7 Å². The minimum absolute atomic E-state index is 0.0487. The van der Waals surface area contributed by atoms with Crippen molar-refractivity contribution < 1.29 is 4.74 Å². The minimum atomic E-state index is -0.0487. The van der Waals surface area contributed by atoms with Gasteiger partial charge in [-0.05, 0) is 38.1 Å². The summed E-state index contributed by atoms with van der Waals surface area (Å²) in [7, 11) is 1.63. The van der Waals surface area contributed by atoms with Crippen molar-refractivity contribution in [3.63, 3.8) is 0 Å². The van der Waals surface area contributed by atoms with Crippen molar-refractivity contribution in [3.05, 3.63) is 28.7 Å². The van der Waals surface area contributed by atoms with E-state index in [0.29, 0.717) is 6.04 Å². The number of methoxy groups -OCH3 is 1. The summed E-state index contributed by atoms with van der Waals surface area (Å²) >= 11 is 0. The molecule has 1 saturated heterocycles. The number of benzene rings is 1. The number of para-hydroxylation sites is 1. The fraction of sp³-hybridized carbons (Fsp3) is 0.533. The van der Waals surface area contributed by atoms with Gasteiger partial charge in [-0.15, -0.1) is 0 Å². The van der Waals surface area contributed by atoms with E-state index in [-0.39, 0.29) is 5.69 Å². The van der Waals surface area contributed by atoms with E-state index in [4.69, 9.17) is 4.74 Å². The fourth-order valence-corrected chi connectivity index (χ4v) is 3.23. The number of nitrogens with one attached hydrogen (secondary N) is 1. The van der Waals surface area contributed by atoms with Crippen LogP contribution in [0.2, 0.25) is 0 Å². The Bertz CT molecular complexity index is 659. The fourth-order valence-electron chi connectivity index (χ4n) is 3.23. The minimum Gasteiger partial charge on any atom is -0.494 e. The first-order valence-corrected chi connectivity index (χ1v) is 7.24. The number of likely N-dealkylation sites (N-methyl/N-ethyl adjacent to an activating group) is 1. The number of nitrogens with zero attached hydrogens (tertiary/aromatic N) is 2. The molecular formula is C15H21N3O2. The number of fused-ring (bicyclic) bond motifs is 1. The van der Waals surface area contributed by atoms with Crippen LogP contribution in [0.4, 0.5) is 0 Å². The molecule has 5 heteroatoms. The van der Waals surface area contributed by atoms with Crippen LogP contribution in [0.25, 0.3) is 11.0 Å². The first-order valence-electron chi connectivity index (χ1n) is 7.24. The highest BCUT2D eigenvalue weighted by Crippen LogP contribution is 2.24. The van der Waals surface area contributed by atoms with Gasteiger partial charge >= 0.3 is 5.69 Å². The normalized spacial score (nSPS) is 19.8. The molecule has 0 bridgehead atoms. The first-order chi connectivity index (χ1) is 9.74. The Morgan fingerprint density at radius 2 is 2.30 bits per heavy atom. The van der Waals surface area contributed by atoms with Crippen molar-refractivity contribution in [2.45, 2.75) is 32.4 Å². The number of likely N-dealkylation sites (tertiary alicyclic amines) is 1. The van der Waals surface area contributed by atoms with Crippen LogP contribution in [0.3, 0.4) is 0 Å². The lowest BCUT2D eigenvalue weighted by atomic mass is 10.2. The Labute approximate surface area is 118 Å². The summed E-state index contributed by atoms with van der Waals surface area (Å²) in [6.07, 6.45) is 2.38. The zero-order chi connectivity index (χ0) is 14.1. The molecule has 2 aromatic rings. The Hall–Kier alpha value is -1.75. The second-order valence-corrected chi connectivity index (χ2v) is 5.32. The number of hydrogen-bond donors (Lipinski definition) is 1. The molecule has 1 aliphatic rings. The Kier molecular flexibility index (Phi) is 3.53. The molecule has 1 fully saturated rings. The second kappa shape index (κ2) is 5.32. The van der Waals surface area contributed by atoms with Gasteiger partial charge in [0.1, 0.15) is 11.3 Å². The van der Waals surface area contributed by atoms with Crippen molar-refractivity contribution in [2.75, 3.05) is 20.2 Å². The quantitative estimate of drug-likeness (QED) is 0.926. The van der Waals surface area contributed by atoms with Gasteiger partial charge in [-0.2, -0.15) is 0 Å². The van der Waals surface area contributed by atoms with Crippen LogP contribution in [0.15, 0.2) is 23.0 Å². The van der Waals surface area contributed by atoms with Gasteiger partial charge in [0.2, 0.25) is 0 Å². The Morgan fingerprint density at radius 3 is 3.05 bits per heavy atom. The molecule has 108 valence electrons. The van der Waals surface area contributed by atoms with Crippen LogP contribution in [0, 0.1) is 0 Å². The number of aromatic nitrogens is 2. The number of hydrogen-bond acceptors (Lipinski definition) is 3. The molecule has 0 spiro atoms. The summed E-state index contributed by atoms with van der Waals surface area (Å²) in [5.74, 6) is 0.720. The molecule has 20 heavy (non-hydrogen) atoms. The van der Waals surface area contributed by atoms with Crippen molar-refractivity contribution in [2.24, 2.45) is 0 Å². The summed E-state index contributed by atoms with van der Waals surface area (Å²) in [5, 5.41) is 0. The van der Waals surface area contributed by atoms with Crippen LogP contribution < -0.4 is 10.4 Å². The topological polar surface area (TPSA) is 50.3 Å². The van der Waals surface area contributed by atoms with E-state index in [2.05, 4.69) is 16.8 Å². The van der Waals surface area contributed by atoms with E-state index in [0.717, 1.165) is 42.8 Å². The van der Waals surface area contributed by atoms with Gasteiger partial charge < -0.3 is 9.72 Å². The molecule has 0 saturated carbocycles. The number of rotatable bonds is 4. The molecule has 0 amide bonds. The standard InChI is InChI=1S/C15H21N3O2/c1-3-17-9-5-6-11(17)10-18-12-7-4-8-13(20-2)14(12)16-15(18)19/h4,7-8,11H,3,5-6,9-10H2,1-2H3,(H,16,19). The molecule has 1 unspecified atom stereocenters. The third-order valence-corrected chi connectivity index (χ3v) is 4.29. The van der Waals surface area contributed by atoms with Crippen LogP contribution >= 0.6 is 0 Å². The predicted octanol–water partition coefficient (Wildman–Crippen LogP) is 1.82. The number of aromatic amines is 1. The average Bonchev–Trinajstić information content (AvgIpc) is 3.04. The maximum Gasteiger partial charge on any atom is 0.326 e. The van der Waals surface area contributed by atoms with Gasteiger partial charge in [-0.25, -0.2) is 4.79 Å². The third kappa shape index (κ3) is 2.12. The van der Waals surface area contributed by atoms with Gasteiger partial charge in [-0.1, -0.05) is 13.0 Å². The number of H-pyrrole nitrogens is 1. The van der Waals surface area contributed by atoms with Gasteiger partial charge in [-0.3, -0.25) is 9.47 Å². The number of imidazole rings is 1. The highest BCUT2D eigenvalue weighted by atomic mass is 16.5. The Balaban J connectivity index is 1.99. The lowest BCUT2D eigenvalue weighted by Gasteiger charge is -2.22. The van der Waals surface area contributed by atoms with E-state index < -0.39 is 0 Å². The van der Waals surface area contributed by atoms with Crippen molar-refractivity contribution in [3.8, 4) is 5.75 Å². The zero-order valence-electron chi connectivity index (χ0n) is 12.1. The average molecular weight is 275 g/mol. The largest absolute Gasteiger partial charge is 0.494 e. The molecule has 1 aromatic carbocycles. The molecule has 1 aromatic heterocycles. The van der Waals surface area contributed by atoms with Gasteiger partial charge in [0, 0.05) is 12.6 Å². The van der Waals surface area contributed by atoms with Crippen LogP contribution in [-0.2, 0) is 6.54 Å². The summed E-state index contributed by atoms with van der Waals surface area (Å²) in [4.78, 5) is 17.6. The van der Waals surface area contributed by atoms with Crippen LogP contribution in [0.1, 0.15) is 19.8 Å². The summed E-state index contributed by atoms with van der Waals surface area (Å²) in [6, 6.07) is 6.23. The molecule has 1 N–H and O–H groups in total. The van der Waals surface area contributed by atoms with E-state index in [1.165, 1.54) is 6.42 Å². The van der Waals surface area contributed by atoms with Crippen molar-refractivity contribution in [1.82, 2.24) is 14.5 Å². The third-order valence-electron chi connectivity index (χ3n) is 4.29. The summed E-state index contributed by atoms with van der Waals surface area (Å²) < 4.78 is 7.16. The molecule has 5 nitrogen and oxygen atoms in total.